The molecule has 2 unspecified atom stereocenters. The molecule has 0 aromatic heterocycles. The highest BCUT2D eigenvalue weighted by molar-refractivity contribution is 5.26. The van der Waals surface area contributed by atoms with E-state index in [9.17, 15) is 0 Å². The van der Waals surface area contributed by atoms with Gasteiger partial charge in [-0.1, -0.05) is 43.7 Å². The number of hydrogen-bond acceptors (Lipinski definition) is 3. The van der Waals surface area contributed by atoms with E-state index < -0.39 is 0 Å². The van der Waals surface area contributed by atoms with E-state index in [1.165, 1.54) is 17.7 Å². The van der Waals surface area contributed by atoms with Crippen LogP contribution in [-0.2, 0) is 0 Å². The van der Waals surface area contributed by atoms with Gasteiger partial charge in [0.05, 0.1) is 0 Å². The van der Waals surface area contributed by atoms with Crippen LogP contribution in [0.1, 0.15) is 37.9 Å². The Bertz CT molecular complexity index is 434. The average Bonchev–Trinajstić information content (AvgIpc) is 2.40. The number of rotatable bonds is 5. The molecule has 0 amide bonds. The molecular weight excluding hydrogens is 258 g/mol. The summed E-state index contributed by atoms with van der Waals surface area (Å²) in [4.78, 5) is 5.14. The molecule has 1 aromatic carbocycles. The van der Waals surface area contributed by atoms with Gasteiger partial charge >= 0.3 is 0 Å². The van der Waals surface area contributed by atoms with E-state index in [4.69, 9.17) is 5.73 Å². The van der Waals surface area contributed by atoms with Crippen molar-refractivity contribution >= 4 is 0 Å². The number of nitrogens with zero attached hydrogens (tertiary/aromatic N) is 2. The minimum Gasteiger partial charge on any atom is -0.326 e. The van der Waals surface area contributed by atoms with Gasteiger partial charge in [0.2, 0.25) is 0 Å². The maximum absolute atomic E-state index is 6.31. The summed E-state index contributed by atoms with van der Waals surface area (Å²) in [6.45, 7) is 14.6. The first kappa shape index (κ1) is 16.5. The molecule has 2 atom stereocenters. The van der Waals surface area contributed by atoms with Crippen molar-refractivity contribution in [3.8, 4) is 0 Å². The molecule has 1 saturated heterocycles. The maximum Gasteiger partial charge on any atom is 0.0497 e. The Hall–Kier alpha value is -0.900. The van der Waals surface area contributed by atoms with Crippen molar-refractivity contribution in [3.05, 3.63) is 35.4 Å². The van der Waals surface area contributed by atoms with Crippen LogP contribution in [-0.4, -0.2) is 48.6 Å². The van der Waals surface area contributed by atoms with Crippen molar-refractivity contribution in [2.75, 3.05) is 32.7 Å². The monoisotopic (exact) mass is 289 g/mol. The Labute approximate surface area is 130 Å². The Morgan fingerprint density at radius 2 is 1.76 bits per heavy atom. The van der Waals surface area contributed by atoms with Crippen molar-refractivity contribution < 1.29 is 0 Å². The summed E-state index contributed by atoms with van der Waals surface area (Å²) in [5, 5.41) is 0. The highest BCUT2D eigenvalue weighted by Crippen LogP contribution is 2.25. The molecule has 1 aliphatic rings. The van der Waals surface area contributed by atoms with E-state index in [2.05, 4.69) is 61.8 Å². The Morgan fingerprint density at radius 3 is 2.29 bits per heavy atom. The summed E-state index contributed by atoms with van der Waals surface area (Å²) < 4.78 is 0. The molecule has 0 aliphatic carbocycles. The van der Waals surface area contributed by atoms with Crippen LogP contribution in [0.3, 0.4) is 0 Å². The number of piperazine rings is 1. The van der Waals surface area contributed by atoms with Gasteiger partial charge in [-0.05, 0) is 25.3 Å². The normalized spacial score (nSPS) is 20.7. The Balaban J connectivity index is 2.04. The van der Waals surface area contributed by atoms with E-state index in [1.807, 2.05) is 0 Å². The molecule has 0 spiro atoms. The van der Waals surface area contributed by atoms with Crippen LogP contribution >= 0.6 is 0 Å². The van der Waals surface area contributed by atoms with Gasteiger partial charge in [-0.3, -0.25) is 4.90 Å². The standard InChI is InChI=1S/C18H31N3/c1-14(2)13-20-8-10-21(11-9-20)18(16(4)19)17-7-5-6-15(3)12-17/h5-7,12,14,16,18H,8-11,13,19H2,1-4H3. The van der Waals surface area contributed by atoms with Crippen LogP contribution in [0.5, 0.6) is 0 Å². The Kier molecular flexibility index (Phi) is 5.80. The number of aryl methyl sites for hydroxylation is 1. The second-order valence-electron chi connectivity index (χ2n) is 6.95. The van der Waals surface area contributed by atoms with Crippen LogP contribution in [0, 0.1) is 12.8 Å². The van der Waals surface area contributed by atoms with Crippen LogP contribution in [0.25, 0.3) is 0 Å². The third-order valence-electron chi connectivity index (χ3n) is 4.31. The molecule has 2 rings (SSSR count). The van der Waals surface area contributed by atoms with Crippen molar-refractivity contribution in [1.29, 1.82) is 0 Å². The topological polar surface area (TPSA) is 32.5 Å². The van der Waals surface area contributed by atoms with Gasteiger partial charge in [-0.15, -0.1) is 0 Å². The molecule has 0 radical (unpaired) electrons. The van der Waals surface area contributed by atoms with Crippen LogP contribution in [0.2, 0.25) is 0 Å². The van der Waals surface area contributed by atoms with Gasteiger partial charge < -0.3 is 10.6 Å². The number of nitrogens with two attached hydrogens (primary N) is 1. The zero-order chi connectivity index (χ0) is 15.4. The quantitative estimate of drug-likeness (QED) is 0.904. The third kappa shape index (κ3) is 4.53. The summed E-state index contributed by atoms with van der Waals surface area (Å²) in [6.07, 6.45) is 0. The van der Waals surface area contributed by atoms with Gasteiger partial charge in [-0.25, -0.2) is 0 Å². The fourth-order valence-electron chi connectivity index (χ4n) is 3.44. The predicted molar refractivity (Wildman–Crippen MR) is 90.4 cm³/mol. The minimum absolute atomic E-state index is 0.156. The second-order valence-corrected chi connectivity index (χ2v) is 6.95. The van der Waals surface area contributed by atoms with E-state index in [0.29, 0.717) is 6.04 Å². The average molecular weight is 289 g/mol. The molecule has 21 heavy (non-hydrogen) atoms. The predicted octanol–water partition coefficient (Wildman–Crippen LogP) is 2.66. The van der Waals surface area contributed by atoms with Gasteiger partial charge in [0, 0.05) is 44.8 Å². The van der Waals surface area contributed by atoms with Gasteiger partial charge in [0.25, 0.3) is 0 Å². The zero-order valence-electron chi connectivity index (χ0n) is 14.0. The first-order valence-electron chi connectivity index (χ1n) is 8.26. The van der Waals surface area contributed by atoms with E-state index >= 15 is 0 Å². The summed E-state index contributed by atoms with van der Waals surface area (Å²) in [7, 11) is 0. The second kappa shape index (κ2) is 7.39. The molecule has 3 heteroatoms. The van der Waals surface area contributed by atoms with Crippen molar-refractivity contribution in [2.45, 2.75) is 39.8 Å². The summed E-state index contributed by atoms with van der Waals surface area (Å²) in [6, 6.07) is 9.31. The molecule has 0 bridgehead atoms. The lowest BCUT2D eigenvalue weighted by Crippen LogP contribution is -2.51. The molecule has 1 fully saturated rings. The molecular formula is C18H31N3. The van der Waals surface area contributed by atoms with Crippen molar-refractivity contribution in [3.63, 3.8) is 0 Å². The smallest absolute Gasteiger partial charge is 0.0497 e. The van der Waals surface area contributed by atoms with E-state index in [1.54, 1.807) is 0 Å². The van der Waals surface area contributed by atoms with Gasteiger partial charge in [-0.2, -0.15) is 0 Å². The van der Waals surface area contributed by atoms with Gasteiger partial charge in [0.1, 0.15) is 0 Å². The lowest BCUT2D eigenvalue weighted by molar-refractivity contribution is 0.0804. The highest BCUT2D eigenvalue weighted by atomic mass is 15.3. The Morgan fingerprint density at radius 1 is 1.10 bits per heavy atom. The molecule has 2 N–H and O–H groups in total. The first-order chi connectivity index (χ1) is 9.97. The summed E-state index contributed by atoms with van der Waals surface area (Å²) in [5.74, 6) is 0.748. The zero-order valence-corrected chi connectivity index (χ0v) is 14.0. The summed E-state index contributed by atoms with van der Waals surface area (Å²) >= 11 is 0. The SMILES string of the molecule is Cc1cccc(C(C(C)N)N2CCN(CC(C)C)CC2)c1. The largest absolute Gasteiger partial charge is 0.326 e. The molecule has 1 heterocycles. The molecule has 1 aliphatic heterocycles. The third-order valence-corrected chi connectivity index (χ3v) is 4.31. The van der Waals surface area contributed by atoms with Crippen molar-refractivity contribution in [2.24, 2.45) is 11.7 Å². The fraction of sp³-hybridized carbons (Fsp3) is 0.667. The lowest BCUT2D eigenvalue weighted by Gasteiger charge is -2.41. The van der Waals surface area contributed by atoms with Crippen molar-refractivity contribution in [1.82, 2.24) is 9.80 Å². The summed E-state index contributed by atoms with van der Waals surface area (Å²) in [5.41, 5.74) is 8.99. The van der Waals surface area contributed by atoms with E-state index in [-0.39, 0.29) is 6.04 Å². The lowest BCUT2D eigenvalue weighted by atomic mass is 9.97. The molecule has 118 valence electrons. The highest BCUT2D eigenvalue weighted by Gasteiger charge is 2.27. The van der Waals surface area contributed by atoms with Crippen LogP contribution in [0.15, 0.2) is 24.3 Å². The first-order valence-corrected chi connectivity index (χ1v) is 8.26. The van der Waals surface area contributed by atoms with Gasteiger partial charge in [0.15, 0.2) is 0 Å². The number of hydrogen-bond donors (Lipinski definition) is 1. The molecule has 1 aromatic rings. The minimum atomic E-state index is 0.156. The fourth-order valence-corrected chi connectivity index (χ4v) is 3.44. The van der Waals surface area contributed by atoms with E-state index in [0.717, 1.165) is 32.1 Å². The molecule has 0 saturated carbocycles. The van der Waals surface area contributed by atoms with Crippen LogP contribution < -0.4 is 5.73 Å². The number of benzene rings is 1. The maximum atomic E-state index is 6.31. The molecule has 3 nitrogen and oxygen atoms in total. The van der Waals surface area contributed by atoms with Crippen LogP contribution in [0.4, 0.5) is 0 Å².